The minimum Gasteiger partial charge on any atom is -0.384 e. The van der Waals surface area contributed by atoms with E-state index in [0.29, 0.717) is 18.9 Å². The zero-order valence-corrected chi connectivity index (χ0v) is 12.4. The van der Waals surface area contributed by atoms with Gasteiger partial charge >= 0.3 is 0 Å². The van der Waals surface area contributed by atoms with Crippen molar-refractivity contribution >= 4 is 5.91 Å². The molecular weight excluding hydrogens is 252 g/mol. The summed E-state index contributed by atoms with van der Waals surface area (Å²) in [6, 6.07) is 9.95. The monoisotopic (exact) mass is 276 g/mol. The molecule has 1 atom stereocenters. The molecule has 1 saturated heterocycles. The van der Waals surface area contributed by atoms with Crippen LogP contribution in [0.2, 0.25) is 0 Å². The molecule has 1 aromatic carbocycles. The summed E-state index contributed by atoms with van der Waals surface area (Å²) >= 11 is 0. The third kappa shape index (κ3) is 4.32. The van der Waals surface area contributed by atoms with E-state index in [0.717, 1.165) is 31.7 Å². The Morgan fingerprint density at radius 2 is 2.00 bits per heavy atom. The average molecular weight is 276 g/mol. The van der Waals surface area contributed by atoms with E-state index in [9.17, 15) is 4.79 Å². The van der Waals surface area contributed by atoms with Crippen molar-refractivity contribution in [2.24, 2.45) is 5.92 Å². The lowest BCUT2D eigenvalue weighted by molar-refractivity contribution is -0.130. The minimum atomic E-state index is 0.215. The Morgan fingerprint density at radius 1 is 1.25 bits per heavy atom. The van der Waals surface area contributed by atoms with E-state index in [2.05, 4.69) is 11.9 Å². The highest BCUT2D eigenvalue weighted by Gasteiger charge is 2.24. The number of benzene rings is 1. The molecule has 0 saturated carbocycles. The SMILES string of the molecule is COC[C@@H]1CN(C)CCN(C(=O)Cc2ccccc2)C1. The van der Waals surface area contributed by atoms with Gasteiger partial charge in [-0.2, -0.15) is 0 Å². The first kappa shape index (κ1) is 15.0. The van der Waals surface area contributed by atoms with Gasteiger partial charge in [0.05, 0.1) is 13.0 Å². The third-order valence-corrected chi connectivity index (χ3v) is 3.75. The molecule has 1 aliphatic heterocycles. The molecule has 2 rings (SSSR count). The predicted molar refractivity (Wildman–Crippen MR) is 79.6 cm³/mol. The normalized spacial score (nSPS) is 20.7. The predicted octanol–water partition coefficient (Wildman–Crippen LogP) is 1.27. The first-order valence-corrected chi connectivity index (χ1v) is 7.18. The summed E-state index contributed by atoms with van der Waals surface area (Å²) in [5.74, 6) is 0.611. The van der Waals surface area contributed by atoms with Crippen LogP contribution in [0.1, 0.15) is 5.56 Å². The molecule has 1 amide bonds. The van der Waals surface area contributed by atoms with Crippen molar-refractivity contribution in [1.82, 2.24) is 9.80 Å². The van der Waals surface area contributed by atoms with Crippen molar-refractivity contribution in [1.29, 1.82) is 0 Å². The first-order chi connectivity index (χ1) is 9.69. The van der Waals surface area contributed by atoms with Crippen LogP contribution < -0.4 is 0 Å². The summed E-state index contributed by atoms with van der Waals surface area (Å²) < 4.78 is 5.27. The summed E-state index contributed by atoms with van der Waals surface area (Å²) in [7, 11) is 3.83. The van der Waals surface area contributed by atoms with Gasteiger partial charge in [0.15, 0.2) is 0 Å². The second-order valence-corrected chi connectivity index (χ2v) is 5.59. The topological polar surface area (TPSA) is 32.8 Å². The highest BCUT2D eigenvalue weighted by molar-refractivity contribution is 5.78. The number of methoxy groups -OCH3 is 1. The van der Waals surface area contributed by atoms with E-state index in [-0.39, 0.29) is 5.91 Å². The molecule has 0 aromatic heterocycles. The molecule has 1 fully saturated rings. The molecule has 1 aliphatic rings. The molecule has 1 aromatic rings. The van der Waals surface area contributed by atoms with Gasteiger partial charge in [0, 0.05) is 39.2 Å². The zero-order chi connectivity index (χ0) is 14.4. The molecular formula is C16H24N2O2. The fraction of sp³-hybridized carbons (Fsp3) is 0.562. The van der Waals surface area contributed by atoms with Gasteiger partial charge in [0.1, 0.15) is 0 Å². The van der Waals surface area contributed by atoms with Gasteiger partial charge in [-0.3, -0.25) is 4.79 Å². The second-order valence-electron chi connectivity index (χ2n) is 5.59. The van der Waals surface area contributed by atoms with Crippen LogP contribution in [-0.4, -0.2) is 62.7 Å². The highest BCUT2D eigenvalue weighted by atomic mass is 16.5. The molecule has 1 heterocycles. The highest BCUT2D eigenvalue weighted by Crippen LogP contribution is 2.11. The van der Waals surface area contributed by atoms with Crippen molar-refractivity contribution in [2.75, 3.05) is 46.9 Å². The van der Waals surface area contributed by atoms with Crippen LogP contribution in [0.15, 0.2) is 30.3 Å². The van der Waals surface area contributed by atoms with Crippen LogP contribution >= 0.6 is 0 Å². The van der Waals surface area contributed by atoms with Crippen LogP contribution in [-0.2, 0) is 16.0 Å². The summed E-state index contributed by atoms with van der Waals surface area (Å²) in [6.07, 6.45) is 0.490. The van der Waals surface area contributed by atoms with Crippen LogP contribution in [0, 0.1) is 5.92 Å². The number of hydrogen-bond donors (Lipinski definition) is 0. The van der Waals surface area contributed by atoms with E-state index >= 15 is 0 Å². The van der Waals surface area contributed by atoms with Gasteiger partial charge in [0.2, 0.25) is 5.91 Å². The Hall–Kier alpha value is -1.39. The Labute approximate surface area is 121 Å². The van der Waals surface area contributed by atoms with Crippen molar-refractivity contribution in [3.63, 3.8) is 0 Å². The quantitative estimate of drug-likeness (QED) is 0.830. The lowest BCUT2D eigenvalue weighted by atomic mass is 10.1. The summed E-state index contributed by atoms with van der Waals surface area (Å²) in [5.41, 5.74) is 1.08. The largest absolute Gasteiger partial charge is 0.384 e. The molecule has 0 unspecified atom stereocenters. The average Bonchev–Trinajstić information content (AvgIpc) is 2.62. The number of ether oxygens (including phenoxy) is 1. The molecule has 20 heavy (non-hydrogen) atoms. The molecule has 110 valence electrons. The fourth-order valence-corrected chi connectivity index (χ4v) is 2.73. The van der Waals surface area contributed by atoms with Crippen LogP contribution in [0.4, 0.5) is 0 Å². The Kier molecular flexibility index (Phi) is 5.56. The van der Waals surface area contributed by atoms with Gasteiger partial charge in [-0.05, 0) is 12.6 Å². The van der Waals surface area contributed by atoms with Crippen molar-refractivity contribution in [3.8, 4) is 0 Å². The number of carbonyl (C=O) groups excluding carboxylic acids is 1. The fourth-order valence-electron chi connectivity index (χ4n) is 2.73. The maximum Gasteiger partial charge on any atom is 0.227 e. The van der Waals surface area contributed by atoms with Crippen molar-refractivity contribution < 1.29 is 9.53 Å². The Morgan fingerprint density at radius 3 is 2.70 bits per heavy atom. The maximum absolute atomic E-state index is 12.4. The molecule has 0 N–H and O–H groups in total. The summed E-state index contributed by atoms with van der Waals surface area (Å²) in [6.45, 7) is 4.23. The van der Waals surface area contributed by atoms with Crippen molar-refractivity contribution in [2.45, 2.75) is 6.42 Å². The van der Waals surface area contributed by atoms with Gasteiger partial charge in [0.25, 0.3) is 0 Å². The van der Waals surface area contributed by atoms with Crippen LogP contribution in [0.25, 0.3) is 0 Å². The number of likely N-dealkylation sites (N-methyl/N-ethyl adjacent to an activating group) is 1. The lowest BCUT2D eigenvalue weighted by Gasteiger charge is -2.23. The molecule has 0 bridgehead atoms. The third-order valence-electron chi connectivity index (χ3n) is 3.75. The minimum absolute atomic E-state index is 0.215. The van der Waals surface area contributed by atoms with E-state index in [1.54, 1.807) is 7.11 Å². The van der Waals surface area contributed by atoms with Crippen LogP contribution in [0.3, 0.4) is 0 Å². The maximum atomic E-state index is 12.4. The molecule has 4 heteroatoms. The summed E-state index contributed by atoms with van der Waals surface area (Å²) in [5, 5.41) is 0. The number of hydrogen-bond acceptors (Lipinski definition) is 3. The van der Waals surface area contributed by atoms with Gasteiger partial charge in [-0.1, -0.05) is 30.3 Å². The number of rotatable bonds is 4. The molecule has 4 nitrogen and oxygen atoms in total. The standard InChI is InChI=1S/C16H24N2O2/c1-17-8-9-18(12-15(11-17)13-20-2)16(19)10-14-6-4-3-5-7-14/h3-7,15H,8-13H2,1-2H3/t15-/m1/s1. The van der Waals surface area contributed by atoms with Gasteiger partial charge < -0.3 is 14.5 Å². The van der Waals surface area contributed by atoms with Gasteiger partial charge in [-0.15, -0.1) is 0 Å². The van der Waals surface area contributed by atoms with Gasteiger partial charge in [-0.25, -0.2) is 0 Å². The zero-order valence-electron chi connectivity index (χ0n) is 12.4. The number of amides is 1. The molecule has 0 spiro atoms. The van der Waals surface area contributed by atoms with E-state index < -0.39 is 0 Å². The van der Waals surface area contributed by atoms with E-state index in [1.165, 1.54) is 0 Å². The van der Waals surface area contributed by atoms with E-state index in [4.69, 9.17) is 4.74 Å². The number of nitrogens with zero attached hydrogens (tertiary/aromatic N) is 2. The summed E-state index contributed by atoms with van der Waals surface area (Å²) in [4.78, 5) is 16.7. The second kappa shape index (κ2) is 7.41. The number of carbonyl (C=O) groups is 1. The van der Waals surface area contributed by atoms with Crippen LogP contribution in [0.5, 0.6) is 0 Å². The Bertz CT molecular complexity index is 422. The smallest absolute Gasteiger partial charge is 0.227 e. The van der Waals surface area contributed by atoms with E-state index in [1.807, 2.05) is 35.2 Å². The van der Waals surface area contributed by atoms with Crippen molar-refractivity contribution in [3.05, 3.63) is 35.9 Å². The molecule has 0 aliphatic carbocycles. The Balaban J connectivity index is 1.97. The molecule has 0 radical (unpaired) electrons. The first-order valence-electron chi connectivity index (χ1n) is 7.18. The lowest BCUT2D eigenvalue weighted by Crippen LogP contribution is -2.37.